The molecule has 0 spiro atoms. The molecule has 0 fully saturated rings. The van der Waals surface area contributed by atoms with E-state index in [4.69, 9.17) is 9.84 Å². The quantitative estimate of drug-likeness (QED) is 0.738. The number of carboxylic acids is 1. The van der Waals surface area contributed by atoms with Gasteiger partial charge in [0.15, 0.2) is 0 Å². The molecule has 5 nitrogen and oxygen atoms in total. The van der Waals surface area contributed by atoms with Crippen LogP contribution in [0.25, 0.3) is 0 Å². The Morgan fingerprint density at radius 1 is 1.64 bits per heavy atom. The molecule has 76 valence electrons. The van der Waals surface area contributed by atoms with Crippen LogP contribution in [0.2, 0.25) is 0 Å². The molecule has 0 unspecified atom stereocenters. The molecule has 1 aromatic heterocycles. The molecule has 0 amide bonds. The van der Waals surface area contributed by atoms with Crippen LogP contribution in [-0.2, 0) is 4.79 Å². The Morgan fingerprint density at radius 2 is 2.36 bits per heavy atom. The molecule has 1 aromatic rings. The number of carbonyl (C=O) groups is 1. The lowest BCUT2D eigenvalue weighted by Crippen LogP contribution is -2.07. The highest BCUT2D eigenvalue weighted by Gasteiger charge is 2.13. The van der Waals surface area contributed by atoms with Crippen LogP contribution in [0.1, 0.15) is 18.2 Å². The lowest BCUT2D eigenvalue weighted by Gasteiger charge is -2.07. The van der Waals surface area contributed by atoms with Gasteiger partial charge in [-0.15, -0.1) is 0 Å². The van der Waals surface area contributed by atoms with Crippen LogP contribution in [0.4, 0.5) is 0 Å². The summed E-state index contributed by atoms with van der Waals surface area (Å²) in [7, 11) is 1.45. The van der Waals surface area contributed by atoms with Crippen molar-refractivity contribution in [3.8, 4) is 5.88 Å². The minimum absolute atomic E-state index is 0.298. The lowest BCUT2D eigenvalue weighted by atomic mass is 10.2. The topological polar surface area (TPSA) is 79.7 Å². The molecule has 1 atom stereocenters. The second-order valence-corrected chi connectivity index (χ2v) is 2.72. The van der Waals surface area contributed by atoms with Crippen LogP contribution in [0.15, 0.2) is 18.2 Å². The second-order valence-electron chi connectivity index (χ2n) is 2.72. The molecular formula is C9H11NO4. The van der Waals surface area contributed by atoms with Crippen molar-refractivity contribution in [2.45, 2.75) is 12.5 Å². The van der Waals surface area contributed by atoms with E-state index in [0.717, 1.165) is 0 Å². The summed E-state index contributed by atoms with van der Waals surface area (Å²) in [6.45, 7) is 0. The number of aromatic nitrogens is 1. The van der Waals surface area contributed by atoms with Crippen molar-refractivity contribution < 1.29 is 19.7 Å². The van der Waals surface area contributed by atoms with Crippen LogP contribution < -0.4 is 4.74 Å². The fourth-order valence-electron chi connectivity index (χ4n) is 1.00. The first-order valence-electron chi connectivity index (χ1n) is 4.04. The first-order chi connectivity index (χ1) is 6.63. The van der Waals surface area contributed by atoms with E-state index in [1.807, 2.05) is 0 Å². The van der Waals surface area contributed by atoms with E-state index in [0.29, 0.717) is 11.6 Å². The summed E-state index contributed by atoms with van der Waals surface area (Å²) in [5.41, 5.74) is 0.298. The Bertz CT molecular complexity index is 326. The van der Waals surface area contributed by atoms with Crippen molar-refractivity contribution in [1.82, 2.24) is 4.98 Å². The average Bonchev–Trinajstić information content (AvgIpc) is 2.17. The van der Waals surface area contributed by atoms with Gasteiger partial charge in [-0.1, -0.05) is 6.07 Å². The van der Waals surface area contributed by atoms with Gasteiger partial charge in [0, 0.05) is 6.07 Å². The van der Waals surface area contributed by atoms with Crippen LogP contribution >= 0.6 is 0 Å². The van der Waals surface area contributed by atoms with E-state index >= 15 is 0 Å². The van der Waals surface area contributed by atoms with E-state index in [1.165, 1.54) is 7.11 Å². The summed E-state index contributed by atoms with van der Waals surface area (Å²) >= 11 is 0. The number of carboxylic acid groups (broad SMARTS) is 1. The van der Waals surface area contributed by atoms with Crippen molar-refractivity contribution in [1.29, 1.82) is 0 Å². The number of methoxy groups -OCH3 is 1. The smallest absolute Gasteiger partial charge is 0.306 e. The van der Waals surface area contributed by atoms with Crippen LogP contribution in [0.5, 0.6) is 5.88 Å². The third-order valence-corrected chi connectivity index (χ3v) is 1.66. The third kappa shape index (κ3) is 2.70. The largest absolute Gasteiger partial charge is 0.481 e. The number of ether oxygens (including phenoxy) is 1. The van der Waals surface area contributed by atoms with E-state index in [1.54, 1.807) is 18.2 Å². The average molecular weight is 197 g/mol. The molecule has 0 radical (unpaired) electrons. The number of rotatable bonds is 4. The van der Waals surface area contributed by atoms with Gasteiger partial charge in [-0.2, -0.15) is 0 Å². The van der Waals surface area contributed by atoms with E-state index < -0.39 is 12.1 Å². The molecule has 0 saturated carbocycles. The first-order valence-corrected chi connectivity index (χ1v) is 4.04. The zero-order valence-corrected chi connectivity index (χ0v) is 7.67. The highest BCUT2D eigenvalue weighted by molar-refractivity contribution is 5.67. The van der Waals surface area contributed by atoms with Crippen LogP contribution in [0, 0.1) is 0 Å². The number of nitrogens with zero attached hydrogens (tertiary/aromatic N) is 1. The maximum absolute atomic E-state index is 10.3. The van der Waals surface area contributed by atoms with Crippen LogP contribution in [0.3, 0.4) is 0 Å². The van der Waals surface area contributed by atoms with Crippen molar-refractivity contribution in [3.63, 3.8) is 0 Å². The molecule has 0 bridgehead atoms. The number of hydrogen-bond acceptors (Lipinski definition) is 4. The molecule has 14 heavy (non-hydrogen) atoms. The number of hydrogen-bond donors (Lipinski definition) is 2. The Morgan fingerprint density at radius 3 is 2.93 bits per heavy atom. The second kappa shape index (κ2) is 4.57. The minimum atomic E-state index is -1.09. The number of pyridine rings is 1. The van der Waals surface area contributed by atoms with Gasteiger partial charge in [-0.25, -0.2) is 4.98 Å². The Balaban J connectivity index is 2.78. The van der Waals surface area contributed by atoms with Crippen molar-refractivity contribution in [2.24, 2.45) is 0 Å². The van der Waals surface area contributed by atoms with Crippen molar-refractivity contribution in [2.75, 3.05) is 7.11 Å². The normalized spacial score (nSPS) is 12.1. The summed E-state index contributed by atoms with van der Waals surface area (Å²) in [4.78, 5) is 14.2. The fourth-order valence-corrected chi connectivity index (χ4v) is 1.00. The molecular weight excluding hydrogens is 186 g/mol. The number of aliphatic hydroxyl groups excluding tert-OH is 1. The maximum atomic E-state index is 10.3. The highest BCUT2D eigenvalue weighted by Crippen LogP contribution is 2.16. The first kappa shape index (κ1) is 10.5. The van der Waals surface area contributed by atoms with Gasteiger partial charge < -0.3 is 14.9 Å². The molecule has 0 aliphatic rings. The van der Waals surface area contributed by atoms with Crippen LogP contribution in [-0.4, -0.2) is 28.3 Å². The SMILES string of the molecule is COc1cccc([C@@H](O)CC(=O)O)n1. The highest BCUT2D eigenvalue weighted by atomic mass is 16.5. The third-order valence-electron chi connectivity index (χ3n) is 1.66. The van der Waals surface area contributed by atoms with Crippen molar-refractivity contribution in [3.05, 3.63) is 23.9 Å². The predicted molar refractivity (Wildman–Crippen MR) is 48.0 cm³/mol. The summed E-state index contributed by atoms with van der Waals surface area (Å²) < 4.78 is 4.84. The van der Waals surface area contributed by atoms with Crippen molar-refractivity contribution >= 4 is 5.97 Å². The summed E-state index contributed by atoms with van der Waals surface area (Å²) in [6.07, 6.45) is -1.46. The Labute approximate surface area is 81.0 Å². The minimum Gasteiger partial charge on any atom is -0.481 e. The zero-order chi connectivity index (χ0) is 10.6. The Kier molecular flexibility index (Phi) is 3.41. The molecule has 1 rings (SSSR count). The maximum Gasteiger partial charge on any atom is 0.306 e. The standard InChI is InChI=1S/C9H11NO4/c1-14-8-4-2-3-6(10-8)7(11)5-9(12)13/h2-4,7,11H,5H2,1H3,(H,12,13)/t7-/m0/s1. The molecule has 0 aliphatic carbocycles. The number of aliphatic hydroxyl groups is 1. The fraction of sp³-hybridized carbons (Fsp3) is 0.333. The van der Waals surface area contributed by atoms with E-state index in [-0.39, 0.29) is 6.42 Å². The molecule has 2 N–H and O–H groups in total. The summed E-state index contributed by atoms with van der Waals surface area (Å²) in [6, 6.07) is 4.82. The molecule has 0 aromatic carbocycles. The van der Waals surface area contributed by atoms with Gasteiger partial charge in [0.05, 0.1) is 19.2 Å². The van der Waals surface area contributed by atoms with Gasteiger partial charge in [0.25, 0.3) is 0 Å². The van der Waals surface area contributed by atoms with E-state index in [9.17, 15) is 9.90 Å². The Hall–Kier alpha value is -1.62. The molecule has 1 heterocycles. The predicted octanol–water partition coefficient (Wildman–Crippen LogP) is 0.598. The summed E-state index contributed by atoms with van der Waals surface area (Å²) in [5, 5.41) is 17.9. The zero-order valence-electron chi connectivity index (χ0n) is 7.67. The molecule has 5 heteroatoms. The van der Waals surface area contributed by atoms with Gasteiger partial charge in [0.2, 0.25) is 5.88 Å². The van der Waals surface area contributed by atoms with Gasteiger partial charge in [-0.05, 0) is 6.07 Å². The van der Waals surface area contributed by atoms with Gasteiger partial charge in [-0.3, -0.25) is 4.79 Å². The monoisotopic (exact) mass is 197 g/mol. The van der Waals surface area contributed by atoms with Gasteiger partial charge in [0.1, 0.15) is 6.10 Å². The van der Waals surface area contributed by atoms with Gasteiger partial charge >= 0.3 is 5.97 Å². The lowest BCUT2D eigenvalue weighted by molar-refractivity contribution is -0.139. The van der Waals surface area contributed by atoms with E-state index in [2.05, 4.69) is 4.98 Å². The molecule has 0 saturated heterocycles. The number of aliphatic carboxylic acids is 1. The molecule has 0 aliphatic heterocycles. The summed E-state index contributed by atoms with van der Waals surface area (Å²) in [5.74, 6) is -0.714.